The molecule has 0 aliphatic carbocycles. The topological polar surface area (TPSA) is 123 Å². The number of aromatic nitrogens is 4. The molecule has 6 fully saturated rings. The van der Waals surface area contributed by atoms with Gasteiger partial charge in [-0.2, -0.15) is 22.5 Å². The Morgan fingerprint density at radius 2 is 1.41 bits per heavy atom. The number of anilines is 4. The van der Waals surface area contributed by atoms with Crippen LogP contribution in [0.25, 0.3) is 0 Å². The Morgan fingerprint density at radius 3 is 2.00 bits per heavy atom. The Labute approximate surface area is 416 Å². The van der Waals surface area contributed by atoms with Crippen molar-refractivity contribution >= 4 is 70.6 Å². The van der Waals surface area contributed by atoms with E-state index in [4.69, 9.17) is 16.3 Å². The number of piperidine rings is 1. The van der Waals surface area contributed by atoms with Gasteiger partial charge < -0.3 is 33.8 Å². The zero-order valence-electron chi connectivity index (χ0n) is 39.7. The van der Waals surface area contributed by atoms with E-state index in [1.807, 2.05) is 34.4 Å². The first-order valence-corrected chi connectivity index (χ1v) is 27.0. The molecule has 10 rings (SSSR count). The number of nitrogens with zero attached hydrogens (tertiary/aromatic N) is 10. The molecule has 2 aromatic carbocycles. The van der Waals surface area contributed by atoms with Gasteiger partial charge in [-0.05, 0) is 87.4 Å². The number of alkyl halides is 3. The first-order chi connectivity index (χ1) is 33.3. The molecule has 0 radical (unpaired) electrons. The molecule has 21 heteroatoms. The molecule has 3 atom stereocenters. The van der Waals surface area contributed by atoms with Crippen molar-refractivity contribution in [3.05, 3.63) is 82.6 Å². The Balaban J connectivity index is 0.000000178. The van der Waals surface area contributed by atoms with Crippen LogP contribution in [0, 0.1) is 11.8 Å². The van der Waals surface area contributed by atoms with Crippen LogP contribution in [0.3, 0.4) is 0 Å². The third kappa shape index (κ3) is 11.3. The van der Waals surface area contributed by atoms with Gasteiger partial charge in [-0.15, -0.1) is 10.2 Å². The van der Waals surface area contributed by atoms with Gasteiger partial charge in [0.15, 0.2) is 11.6 Å². The van der Waals surface area contributed by atoms with Crippen molar-refractivity contribution in [3.8, 4) is 0 Å². The van der Waals surface area contributed by atoms with Crippen LogP contribution in [0.5, 0.6) is 0 Å². The molecule has 2 aromatic heterocycles. The zero-order valence-corrected chi connectivity index (χ0v) is 42.1. The lowest BCUT2D eigenvalue weighted by Crippen LogP contribution is -2.53. The fourth-order valence-electron chi connectivity index (χ4n) is 11.2. The first kappa shape index (κ1) is 49.6. The maximum atomic E-state index is 13.7. The fourth-order valence-corrected chi connectivity index (χ4v) is 12.0. The molecule has 6 aliphatic rings. The number of rotatable bonds is 10. The van der Waals surface area contributed by atoms with Gasteiger partial charge in [0.05, 0.1) is 29.5 Å². The number of hydrogen-bond acceptors (Lipinski definition) is 13. The molecule has 6 aliphatic heterocycles. The molecule has 0 saturated carbocycles. The summed E-state index contributed by atoms with van der Waals surface area (Å²) in [5.74, 6) is 2.11. The monoisotopic (exact) mass is 1010 g/mol. The summed E-state index contributed by atoms with van der Waals surface area (Å²) in [6, 6.07) is 14.6. The number of hydrogen-bond donors (Lipinski definition) is 2. The minimum absolute atomic E-state index is 0.0399. The normalized spacial score (nSPS) is 22.9. The van der Waals surface area contributed by atoms with Gasteiger partial charge in [0.2, 0.25) is 0 Å². The van der Waals surface area contributed by atoms with Gasteiger partial charge in [-0.3, -0.25) is 9.80 Å². The van der Waals surface area contributed by atoms with Crippen LogP contribution in [-0.2, 0) is 24.0 Å². The van der Waals surface area contributed by atoms with E-state index in [9.17, 15) is 22.8 Å². The summed E-state index contributed by atoms with van der Waals surface area (Å²) in [5, 5.41) is 9.44. The second-order valence-corrected chi connectivity index (χ2v) is 20.9. The molecular formula is C48H64ClF3N12O3S2. The highest BCUT2D eigenvalue weighted by atomic mass is 35.5. The smallest absolute Gasteiger partial charge is 0.381 e. The second kappa shape index (κ2) is 21.6. The molecule has 69 heavy (non-hydrogen) atoms. The fraction of sp³-hybridized carbons (Fsp3) is 0.583. The predicted molar refractivity (Wildman–Crippen MR) is 269 cm³/mol. The summed E-state index contributed by atoms with van der Waals surface area (Å²) in [5.41, 5.74) is 3.46. The Morgan fingerprint density at radius 1 is 0.768 bits per heavy atom. The minimum atomic E-state index is -4.37. The van der Waals surface area contributed by atoms with Gasteiger partial charge in [-0.25, -0.2) is 9.59 Å². The molecule has 8 heterocycles. The lowest BCUT2D eigenvalue weighted by Gasteiger charge is -2.45. The van der Waals surface area contributed by atoms with E-state index in [2.05, 4.69) is 58.3 Å². The van der Waals surface area contributed by atoms with Gasteiger partial charge in [0, 0.05) is 138 Å². The molecule has 374 valence electrons. The van der Waals surface area contributed by atoms with Crippen LogP contribution in [0.1, 0.15) is 62.1 Å². The molecule has 2 N–H and O–H groups in total. The Bertz CT molecular complexity index is 2400. The molecular weight excluding hydrogens is 949 g/mol. The van der Waals surface area contributed by atoms with E-state index in [0.29, 0.717) is 81.1 Å². The molecule has 15 nitrogen and oxygen atoms in total. The van der Waals surface area contributed by atoms with Crippen molar-refractivity contribution < 1.29 is 27.5 Å². The van der Waals surface area contributed by atoms with E-state index >= 15 is 0 Å². The zero-order chi connectivity index (χ0) is 48.3. The maximum Gasteiger partial charge on any atom is 0.416 e. The van der Waals surface area contributed by atoms with Gasteiger partial charge in [0.25, 0.3) is 0 Å². The third-order valence-electron chi connectivity index (χ3n) is 15.0. The van der Waals surface area contributed by atoms with Crippen molar-refractivity contribution in [1.82, 2.24) is 39.2 Å². The van der Waals surface area contributed by atoms with E-state index < -0.39 is 11.7 Å². The molecule has 3 unspecified atom stereocenters. The maximum absolute atomic E-state index is 13.7. The lowest BCUT2D eigenvalue weighted by atomic mass is 9.84. The van der Waals surface area contributed by atoms with Gasteiger partial charge in [0.1, 0.15) is 0 Å². The Kier molecular flexibility index (Phi) is 15.5. The summed E-state index contributed by atoms with van der Waals surface area (Å²) >= 11 is 9.39. The second-order valence-electron chi connectivity index (χ2n) is 19.2. The van der Waals surface area contributed by atoms with Crippen LogP contribution in [0.2, 0.25) is 5.02 Å². The molecule has 1 spiro atoms. The highest BCUT2D eigenvalue weighted by Crippen LogP contribution is 2.43. The van der Waals surface area contributed by atoms with Crippen molar-refractivity contribution in [2.24, 2.45) is 11.8 Å². The molecule has 4 aromatic rings. The van der Waals surface area contributed by atoms with Crippen LogP contribution in [0.4, 0.5) is 45.8 Å². The van der Waals surface area contributed by atoms with E-state index in [-0.39, 0.29) is 17.6 Å². The number of carbonyl (C=O) groups excluding carboxylic acids is 2. The number of piperazine rings is 1. The number of benzene rings is 2. The van der Waals surface area contributed by atoms with Crippen LogP contribution in [0.15, 0.2) is 60.9 Å². The minimum Gasteiger partial charge on any atom is -0.381 e. The van der Waals surface area contributed by atoms with Crippen LogP contribution >= 0.6 is 35.5 Å². The van der Waals surface area contributed by atoms with E-state index in [0.717, 1.165) is 87.8 Å². The number of ether oxygens (including phenoxy) is 1. The van der Waals surface area contributed by atoms with Crippen molar-refractivity contribution in [2.75, 3.05) is 110 Å². The van der Waals surface area contributed by atoms with Crippen LogP contribution in [-0.4, -0.2) is 154 Å². The highest BCUT2D eigenvalue weighted by Gasteiger charge is 2.45. The summed E-state index contributed by atoms with van der Waals surface area (Å²) in [4.78, 5) is 38.9. The van der Waals surface area contributed by atoms with E-state index in [1.54, 1.807) is 24.5 Å². The largest absolute Gasteiger partial charge is 0.416 e. The van der Waals surface area contributed by atoms with Crippen molar-refractivity contribution in [2.45, 2.75) is 76.3 Å². The third-order valence-corrected chi connectivity index (χ3v) is 16.1. The number of likely N-dealkylation sites (tertiary alicyclic amines) is 2. The van der Waals surface area contributed by atoms with Gasteiger partial charge in [-0.1, -0.05) is 47.6 Å². The van der Waals surface area contributed by atoms with E-state index in [1.165, 1.54) is 63.8 Å². The van der Waals surface area contributed by atoms with Crippen molar-refractivity contribution in [3.63, 3.8) is 0 Å². The molecule has 2 amide bonds. The van der Waals surface area contributed by atoms with Gasteiger partial charge >= 0.3 is 18.2 Å². The summed E-state index contributed by atoms with van der Waals surface area (Å²) < 4.78 is 55.5. The quantitative estimate of drug-likeness (QED) is 0.148. The summed E-state index contributed by atoms with van der Waals surface area (Å²) in [7, 11) is 0. The predicted octanol–water partition coefficient (Wildman–Crippen LogP) is 8.77. The first-order valence-electron chi connectivity index (χ1n) is 24.1. The number of fused-ring (bicyclic) bond motifs is 1. The molecule has 6 saturated heterocycles. The number of carbonyl (C=O) groups is 2. The SMILES string of the molecule is CSNc1ccn(C(=O)N2CCC3(CCCN3Cc3ccc(C(F)(F)F)cc3N3CC4COCC4C3)CC2)n1.CSNc1ccn(C(=O)N2CCN(Cc3ccc(Cl)c(N4CCCC4C)c3)CC2)n1. The summed E-state index contributed by atoms with van der Waals surface area (Å²) in [6.45, 7) is 13.0. The average molecular weight is 1010 g/mol. The van der Waals surface area contributed by atoms with Crippen LogP contribution < -0.4 is 19.2 Å². The standard InChI is InChI=1S/C27H35F3N6O2S.C21H29ClN6OS/c1-39-32-24-5-10-36(31-24)25(37)33-11-7-26(8-12-33)6-2-9-35(26)16-19-3-4-22(27(28,29)30)13-23(19)34-14-20-17-38-18-21(20)15-34;1-16-4-3-8-27(16)19-14-17(5-6-18(19)22)15-25-10-12-26(13-11-25)21(29)28-9-7-20(23-28)24-30-2/h3-5,10,13,20-21H,2,6-9,11-12,14-18H2,1H3,(H,31,32);5-7,9,14,16H,3-4,8,10-13,15H2,1-2H3,(H,23,24). The number of halogens is 4. The number of nitrogens with one attached hydrogen (secondary N) is 2. The number of amides is 2. The van der Waals surface area contributed by atoms with Crippen molar-refractivity contribution in [1.29, 1.82) is 0 Å². The average Bonchev–Trinajstić information content (AvgIpc) is 4.22. The highest BCUT2D eigenvalue weighted by molar-refractivity contribution is 8.00. The molecule has 0 bridgehead atoms. The summed E-state index contributed by atoms with van der Waals surface area (Å²) in [6.07, 6.45) is 9.07. The lowest BCUT2D eigenvalue weighted by molar-refractivity contribution is -0.137. The Hall–Kier alpha value is -4.34.